The van der Waals surface area contributed by atoms with E-state index in [2.05, 4.69) is 22.9 Å². The van der Waals surface area contributed by atoms with E-state index in [0.717, 1.165) is 35.1 Å². The molecule has 32 heavy (non-hydrogen) atoms. The Morgan fingerprint density at radius 1 is 1.03 bits per heavy atom. The molecule has 0 heterocycles. The third kappa shape index (κ3) is 4.75. The van der Waals surface area contributed by atoms with Crippen LogP contribution < -0.4 is 10.8 Å². The summed E-state index contributed by atoms with van der Waals surface area (Å²) >= 11 is 0. The molecular weight excluding hydrogens is 412 g/mol. The molecule has 2 aromatic rings. The molecule has 8 nitrogen and oxygen atoms in total. The molecule has 0 aliphatic heterocycles. The first-order valence-electron chi connectivity index (χ1n) is 10.7. The van der Waals surface area contributed by atoms with Crippen LogP contribution in [0.1, 0.15) is 36.8 Å². The lowest BCUT2D eigenvalue weighted by Crippen LogP contribution is -2.41. The van der Waals surface area contributed by atoms with Crippen molar-refractivity contribution in [3.05, 3.63) is 59.7 Å². The lowest BCUT2D eigenvalue weighted by molar-refractivity contribution is -0.163. The zero-order valence-corrected chi connectivity index (χ0v) is 17.7. The van der Waals surface area contributed by atoms with Crippen LogP contribution in [0.3, 0.4) is 0 Å². The standard InChI is InChI=1S/C24H26N2O6/c1-14(22(27)26-32-21(23(28)29)15-10-11-15)12-25-24(30)31-13-20-18-8-4-2-6-16(18)17-7-3-5-9-19(17)20/h2-9,14-15,20-21H,10-13H2,1H3,(H,25,30)(H,26,27)(H,28,29). The van der Waals surface area contributed by atoms with Crippen LogP contribution in [0, 0.1) is 11.8 Å². The van der Waals surface area contributed by atoms with Crippen molar-refractivity contribution in [2.24, 2.45) is 11.8 Å². The number of aliphatic carboxylic acids is 1. The Bertz CT molecular complexity index is 974. The second-order valence-electron chi connectivity index (χ2n) is 8.29. The highest BCUT2D eigenvalue weighted by Gasteiger charge is 2.38. The second kappa shape index (κ2) is 9.40. The summed E-state index contributed by atoms with van der Waals surface area (Å²) in [5.41, 5.74) is 6.73. The van der Waals surface area contributed by atoms with Gasteiger partial charge in [0.1, 0.15) is 6.61 Å². The Morgan fingerprint density at radius 3 is 2.19 bits per heavy atom. The summed E-state index contributed by atoms with van der Waals surface area (Å²) in [5.74, 6) is -2.34. The summed E-state index contributed by atoms with van der Waals surface area (Å²) in [6.45, 7) is 1.83. The van der Waals surface area contributed by atoms with Gasteiger partial charge in [-0.15, -0.1) is 0 Å². The highest BCUT2D eigenvalue weighted by Crippen LogP contribution is 2.44. The summed E-state index contributed by atoms with van der Waals surface area (Å²) < 4.78 is 5.45. The second-order valence-corrected chi connectivity index (χ2v) is 8.29. The molecule has 2 unspecified atom stereocenters. The normalized spacial score (nSPS) is 16.4. The number of hydroxylamine groups is 1. The molecule has 2 atom stereocenters. The van der Waals surface area contributed by atoms with E-state index in [-0.39, 0.29) is 25.0 Å². The Balaban J connectivity index is 1.25. The fraction of sp³-hybridized carbons (Fsp3) is 0.375. The molecule has 0 radical (unpaired) electrons. The molecule has 0 aromatic heterocycles. The maximum atomic E-state index is 12.2. The van der Waals surface area contributed by atoms with Crippen molar-refractivity contribution in [3.8, 4) is 11.1 Å². The van der Waals surface area contributed by atoms with E-state index in [9.17, 15) is 14.4 Å². The molecule has 0 saturated heterocycles. The Morgan fingerprint density at radius 2 is 1.62 bits per heavy atom. The molecule has 1 fully saturated rings. The van der Waals surface area contributed by atoms with Crippen molar-refractivity contribution in [3.63, 3.8) is 0 Å². The molecule has 0 bridgehead atoms. The molecule has 8 heteroatoms. The average Bonchev–Trinajstić information content (AvgIpc) is 3.58. The molecular formula is C24H26N2O6. The number of hydrogen-bond donors (Lipinski definition) is 3. The summed E-state index contributed by atoms with van der Waals surface area (Å²) in [4.78, 5) is 40.6. The molecule has 1 saturated carbocycles. The Hall–Kier alpha value is -3.39. The SMILES string of the molecule is CC(CNC(=O)OCC1c2ccccc2-c2ccccc21)C(=O)NOC(C(=O)O)C1CC1. The number of carbonyl (C=O) groups excluding carboxylic acids is 2. The van der Waals surface area contributed by atoms with E-state index in [4.69, 9.17) is 14.7 Å². The van der Waals surface area contributed by atoms with Gasteiger partial charge in [-0.3, -0.25) is 9.63 Å². The van der Waals surface area contributed by atoms with E-state index < -0.39 is 30.0 Å². The van der Waals surface area contributed by atoms with Crippen LogP contribution in [0.4, 0.5) is 4.79 Å². The van der Waals surface area contributed by atoms with Crippen LogP contribution in [0.15, 0.2) is 48.5 Å². The van der Waals surface area contributed by atoms with Gasteiger partial charge in [0.15, 0.2) is 6.10 Å². The van der Waals surface area contributed by atoms with E-state index in [1.54, 1.807) is 6.92 Å². The minimum atomic E-state index is -1.10. The van der Waals surface area contributed by atoms with Gasteiger partial charge in [-0.25, -0.2) is 15.1 Å². The molecule has 2 amide bonds. The molecule has 0 spiro atoms. The fourth-order valence-electron chi connectivity index (χ4n) is 3.95. The first-order chi connectivity index (χ1) is 15.5. The van der Waals surface area contributed by atoms with Crippen molar-refractivity contribution in [2.75, 3.05) is 13.2 Å². The van der Waals surface area contributed by atoms with Crippen LogP contribution in [-0.4, -0.2) is 42.3 Å². The van der Waals surface area contributed by atoms with E-state index in [0.29, 0.717) is 0 Å². The van der Waals surface area contributed by atoms with E-state index in [1.807, 2.05) is 36.4 Å². The number of hydrogen-bond acceptors (Lipinski definition) is 5. The van der Waals surface area contributed by atoms with Gasteiger partial charge in [-0.2, -0.15) is 0 Å². The van der Waals surface area contributed by atoms with Gasteiger partial charge < -0.3 is 15.2 Å². The van der Waals surface area contributed by atoms with Gasteiger partial charge >= 0.3 is 12.1 Å². The third-order valence-electron chi connectivity index (χ3n) is 5.92. The highest BCUT2D eigenvalue weighted by atomic mass is 16.7. The number of rotatable bonds is 9. The maximum absolute atomic E-state index is 12.2. The lowest BCUT2D eigenvalue weighted by atomic mass is 9.98. The third-order valence-corrected chi connectivity index (χ3v) is 5.92. The summed E-state index contributed by atoms with van der Waals surface area (Å²) in [6.07, 6.45) is -0.118. The number of nitrogens with one attached hydrogen (secondary N) is 2. The Labute approximate surface area is 185 Å². The van der Waals surface area contributed by atoms with Crippen molar-refractivity contribution in [1.82, 2.24) is 10.8 Å². The minimum absolute atomic E-state index is 0.0348. The van der Waals surface area contributed by atoms with E-state index in [1.165, 1.54) is 0 Å². The van der Waals surface area contributed by atoms with Crippen molar-refractivity contribution >= 4 is 18.0 Å². The van der Waals surface area contributed by atoms with Crippen LogP contribution >= 0.6 is 0 Å². The fourth-order valence-corrected chi connectivity index (χ4v) is 3.95. The smallest absolute Gasteiger partial charge is 0.407 e. The van der Waals surface area contributed by atoms with Gasteiger partial charge in [0.25, 0.3) is 0 Å². The first-order valence-corrected chi connectivity index (χ1v) is 10.7. The zero-order valence-electron chi connectivity index (χ0n) is 17.7. The van der Waals surface area contributed by atoms with Crippen molar-refractivity contribution in [1.29, 1.82) is 0 Å². The quantitative estimate of drug-likeness (QED) is 0.519. The number of fused-ring (bicyclic) bond motifs is 3. The van der Waals surface area contributed by atoms with Gasteiger partial charge in [0.2, 0.25) is 5.91 Å². The molecule has 4 rings (SSSR count). The van der Waals surface area contributed by atoms with Crippen molar-refractivity contribution in [2.45, 2.75) is 31.8 Å². The average molecular weight is 438 g/mol. The topological polar surface area (TPSA) is 114 Å². The van der Waals surface area contributed by atoms with Gasteiger partial charge in [-0.1, -0.05) is 55.5 Å². The predicted molar refractivity (Wildman–Crippen MR) is 116 cm³/mol. The molecule has 3 N–H and O–H groups in total. The predicted octanol–water partition coefficient (Wildman–Crippen LogP) is 3.07. The van der Waals surface area contributed by atoms with Gasteiger partial charge in [-0.05, 0) is 41.0 Å². The Kier molecular flexibility index (Phi) is 6.41. The zero-order chi connectivity index (χ0) is 22.7. The summed E-state index contributed by atoms with van der Waals surface area (Å²) in [7, 11) is 0. The number of benzene rings is 2. The molecule has 2 aromatic carbocycles. The van der Waals surface area contributed by atoms with Crippen molar-refractivity contribution < 1.29 is 29.1 Å². The number of amides is 2. The van der Waals surface area contributed by atoms with Crippen LogP contribution in [0.25, 0.3) is 11.1 Å². The number of carbonyl (C=O) groups is 3. The first kappa shape index (κ1) is 21.8. The number of alkyl carbamates (subject to hydrolysis) is 1. The molecule has 2 aliphatic rings. The number of ether oxygens (including phenoxy) is 1. The molecule has 168 valence electrons. The summed E-state index contributed by atoms with van der Waals surface area (Å²) in [6, 6.07) is 16.1. The van der Waals surface area contributed by atoms with Gasteiger partial charge in [0.05, 0.1) is 5.92 Å². The van der Waals surface area contributed by atoms with E-state index >= 15 is 0 Å². The van der Waals surface area contributed by atoms with Crippen LogP contribution in [0.2, 0.25) is 0 Å². The van der Waals surface area contributed by atoms with Crippen LogP contribution in [0.5, 0.6) is 0 Å². The monoisotopic (exact) mass is 438 g/mol. The minimum Gasteiger partial charge on any atom is -0.479 e. The highest BCUT2D eigenvalue weighted by molar-refractivity contribution is 5.80. The summed E-state index contributed by atoms with van der Waals surface area (Å²) in [5, 5.41) is 11.7. The van der Waals surface area contributed by atoms with Crippen LogP contribution in [-0.2, 0) is 19.2 Å². The molecule has 2 aliphatic carbocycles. The number of carboxylic acid groups (broad SMARTS) is 1. The largest absolute Gasteiger partial charge is 0.479 e. The van der Waals surface area contributed by atoms with Gasteiger partial charge in [0, 0.05) is 12.5 Å². The maximum Gasteiger partial charge on any atom is 0.407 e. The lowest BCUT2D eigenvalue weighted by Gasteiger charge is -2.17. The number of carboxylic acids is 1.